The molecule has 7 heteroatoms. The van der Waals surface area contributed by atoms with E-state index in [9.17, 15) is 9.59 Å². The molecule has 0 bridgehead atoms. The summed E-state index contributed by atoms with van der Waals surface area (Å²) in [5, 5.41) is 3.00. The molecule has 1 saturated heterocycles. The second-order valence-corrected chi connectivity index (χ2v) is 7.22. The summed E-state index contributed by atoms with van der Waals surface area (Å²) in [6.07, 6.45) is 3.23. The summed E-state index contributed by atoms with van der Waals surface area (Å²) in [4.78, 5) is 28.8. The predicted molar refractivity (Wildman–Crippen MR) is 104 cm³/mol. The molecule has 2 amide bonds. The number of hydrogen-bond acceptors (Lipinski definition) is 5. The van der Waals surface area contributed by atoms with E-state index in [1.807, 2.05) is 30.3 Å². The first-order valence-corrected chi connectivity index (χ1v) is 9.72. The number of likely N-dealkylation sites (tertiary alicyclic amines) is 1. The average molecular weight is 383 g/mol. The van der Waals surface area contributed by atoms with Gasteiger partial charge in [0.05, 0.1) is 24.5 Å². The summed E-state index contributed by atoms with van der Waals surface area (Å²) in [5.41, 5.74) is 0.699. The molecule has 0 aliphatic carbocycles. The maximum Gasteiger partial charge on any atom is 0.263 e. The lowest BCUT2D eigenvalue weighted by Crippen LogP contribution is -2.51. The van der Waals surface area contributed by atoms with Gasteiger partial charge in [-0.2, -0.15) is 0 Å². The molecule has 1 N–H and O–H groups in total. The quantitative estimate of drug-likeness (QED) is 0.858. The first kappa shape index (κ1) is 18.6. The molecule has 7 nitrogen and oxygen atoms in total. The van der Waals surface area contributed by atoms with Gasteiger partial charge in [-0.1, -0.05) is 12.1 Å². The van der Waals surface area contributed by atoms with Crippen molar-refractivity contribution in [3.8, 4) is 5.75 Å². The van der Waals surface area contributed by atoms with Gasteiger partial charge < -0.3 is 19.4 Å². The van der Waals surface area contributed by atoms with Gasteiger partial charge in [0.15, 0.2) is 6.10 Å². The number of nitrogens with one attached hydrogen (secondary N) is 1. The zero-order valence-corrected chi connectivity index (χ0v) is 16.0. The molecule has 1 aromatic carbocycles. The van der Waals surface area contributed by atoms with Crippen LogP contribution in [0.15, 0.2) is 47.1 Å². The monoisotopic (exact) mass is 383 g/mol. The highest BCUT2D eigenvalue weighted by Gasteiger charge is 2.33. The number of furan rings is 1. The highest BCUT2D eigenvalue weighted by molar-refractivity contribution is 5.95. The normalized spacial score (nSPS) is 20.3. The maximum atomic E-state index is 12.8. The minimum Gasteiger partial charge on any atom is -0.477 e. The van der Waals surface area contributed by atoms with Crippen LogP contribution in [0.1, 0.15) is 31.6 Å². The Morgan fingerprint density at radius 3 is 2.68 bits per heavy atom. The molecular weight excluding hydrogens is 358 g/mol. The van der Waals surface area contributed by atoms with Crippen LogP contribution in [0.4, 0.5) is 5.69 Å². The summed E-state index contributed by atoms with van der Waals surface area (Å²) in [7, 11) is 0. The molecule has 3 heterocycles. The Labute approximate surface area is 164 Å². The van der Waals surface area contributed by atoms with E-state index < -0.39 is 6.10 Å². The predicted octanol–water partition coefficient (Wildman–Crippen LogP) is 2.35. The molecular formula is C21H25N3O4. The van der Waals surface area contributed by atoms with Crippen molar-refractivity contribution in [3.63, 3.8) is 0 Å². The largest absolute Gasteiger partial charge is 0.477 e. The van der Waals surface area contributed by atoms with Gasteiger partial charge in [-0.3, -0.25) is 14.5 Å². The van der Waals surface area contributed by atoms with Crippen molar-refractivity contribution in [2.75, 3.05) is 31.1 Å². The van der Waals surface area contributed by atoms with E-state index >= 15 is 0 Å². The third kappa shape index (κ3) is 3.75. The number of amides is 2. The van der Waals surface area contributed by atoms with Gasteiger partial charge >= 0.3 is 0 Å². The van der Waals surface area contributed by atoms with Crippen molar-refractivity contribution in [1.29, 1.82) is 0 Å². The fraction of sp³-hybridized carbons (Fsp3) is 0.429. The summed E-state index contributed by atoms with van der Waals surface area (Å²) < 4.78 is 11.5. The molecule has 0 saturated carbocycles. The number of rotatable bonds is 5. The number of fused-ring (bicyclic) bond motifs is 1. The number of carbonyl (C=O) groups excluding carboxylic acids is 2. The van der Waals surface area contributed by atoms with Gasteiger partial charge in [0.1, 0.15) is 11.5 Å². The Bertz CT molecular complexity index is 830. The van der Waals surface area contributed by atoms with Crippen molar-refractivity contribution in [2.45, 2.75) is 31.9 Å². The summed E-state index contributed by atoms with van der Waals surface area (Å²) in [6, 6.07) is 11.1. The topological polar surface area (TPSA) is 75.0 Å². The number of para-hydroxylation sites is 2. The van der Waals surface area contributed by atoms with Crippen LogP contribution in [-0.2, 0) is 9.59 Å². The molecule has 148 valence electrons. The molecule has 0 unspecified atom stereocenters. The van der Waals surface area contributed by atoms with Crippen molar-refractivity contribution >= 4 is 17.5 Å². The summed E-state index contributed by atoms with van der Waals surface area (Å²) in [6.45, 7) is 4.12. The summed E-state index contributed by atoms with van der Waals surface area (Å²) >= 11 is 0. The molecule has 4 rings (SSSR count). The number of nitrogens with zero attached hydrogens (tertiary/aromatic N) is 2. The Morgan fingerprint density at radius 1 is 1.18 bits per heavy atom. The molecule has 2 aliphatic heterocycles. The lowest BCUT2D eigenvalue weighted by atomic mass is 10.1. The third-order valence-electron chi connectivity index (χ3n) is 5.37. The zero-order valence-electron chi connectivity index (χ0n) is 16.0. The van der Waals surface area contributed by atoms with Crippen LogP contribution < -0.4 is 15.0 Å². The Balaban J connectivity index is 1.45. The van der Waals surface area contributed by atoms with Crippen LogP contribution >= 0.6 is 0 Å². The highest BCUT2D eigenvalue weighted by Crippen LogP contribution is 2.33. The Morgan fingerprint density at radius 2 is 1.96 bits per heavy atom. The van der Waals surface area contributed by atoms with Crippen LogP contribution in [0.25, 0.3) is 0 Å². The van der Waals surface area contributed by atoms with Gasteiger partial charge in [-0.15, -0.1) is 0 Å². The van der Waals surface area contributed by atoms with Crippen molar-refractivity contribution < 1.29 is 18.7 Å². The van der Waals surface area contributed by atoms with Crippen molar-refractivity contribution in [3.05, 3.63) is 48.4 Å². The third-order valence-corrected chi connectivity index (χ3v) is 5.37. The molecule has 1 aromatic heterocycles. The van der Waals surface area contributed by atoms with Crippen molar-refractivity contribution in [1.82, 2.24) is 10.2 Å². The minimum atomic E-state index is -0.741. The van der Waals surface area contributed by atoms with E-state index in [2.05, 4.69) is 10.2 Å². The first-order valence-electron chi connectivity index (χ1n) is 9.72. The van der Waals surface area contributed by atoms with Crippen LogP contribution in [0.3, 0.4) is 0 Å². The van der Waals surface area contributed by atoms with Gasteiger partial charge in [0.25, 0.3) is 5.91 Å². The number of ether oxygens (including phenoxy) is 1. The number of benzene rings is 1. The van der Waals surface area contributed by atoms with E-state index in [1.165, 1.54) is 6.92 Å². The number of carbonyl (C=O) groups is 2. The Hall–Kier alpha value is -2.80. The van der Waals surface area contributed by atoms with E-state index in [0.717, 1.165) is 31.7 Å². The fourth-order valence-corrected chi connectivity index (χ4v) is 3.92. The maximum absolute atomic E-state index is 12.8. The van der Waals surface area contributed by atoms with E-state index in [-0.39, 0.29) is 24.4 Å². The molecule has 0 spiro atoms. The summed E-state index contributed by atoms with van der Waals surface area (Å²) in [5.74, 6) is 1.06. The number of hydrogen-bond donors (Lipinski definition) is 1. The molecule has 2 aliphatic rings. The second-order valence-electron chi connectivity index (χ2n) is 7.22. The van der Waals surface area contributed by atoms with E-state index in [0.29, 0.717) is 18.0 Å². The zero-order chi connectivity index (χ0) is 19.5. The molecule has 28 heavy (non-hydrogen) atoms. The van der Waals surface area contributed by atoms with Crippen LogP contribution in [0.2, 0.25) is 0 Å². The molecule has 2 atom stereocenters. The smallest absolute Gasteiger partial charge is 0.263 e. The Kier molecular flexibility index (Phi) is 5.34. The van der Waals surface area contributed by atoms with Crippen LogP contribution in [0, 0.1) is 0 Å². The fourth-order valence-electron chi connectivity index (χ4n) is 3.92. The average Bonchev–Trinajstić information content (AvgIpc) is 3.41. The molecule has 2 aromatic rings. The number of anilines is 1. The first-order chi connectivity index (χ1) is 13.6. The highest BCUT2D eigenvalue weighted by atomic mass is 16.5. The van der Waals surface area contributed by atoms with Crippen molar-refractivity contribution in [2.24, 2.45) is 0 Å². The second kappa shape index (κ2) is 8.06. The minimum absolute atomic E-state index is 0.00115. The van der Waals surface area contributed by atoms with Crippen LogP contribution in [0.5, 0.6) is 5.75 Å². The lowest BCUT2D eigenvalue weighted by molar-refractivity contribution is -0.128. The van der Waals surface area contributed by atoms with E-state index in [4.69, 9.17) is 9.15 Å². The van der Waals surface area contributed by atoms with E-state index in [1.54, 1.807) is 17.2 Å². The SMILES string of the molecule is CC(=O)N1C[C@@H](C(=O)NC[C@@H](c2ccco2)N2CCCC2)Oc2ccccc21. The van der Waals surface area contributed by atoms with Gasteiger partial charge in [-0.25, -0.2) is 0 Å². The van der Waals surface area contributed by atoms with Crippen LogP contribution in [-0.4, -0.2) is 49.0 Å². The van der Waals surface area contributed by atoms with Gasteiger partial charge in [0.2, 0.25) is 5.91 Å². The standard InChI is InChI=1S/C21H25N3O4/c1-15(25)24-14-20(28-19-8-3-2-7-16(19)24)21(26)22-13-17(18-9-6-12-27-18)23-10-4-5-11-23/h2-3,6-9,12,17,20H,4-5,10-11,13-14H2,1H3,(H,22,26)/t17-,20-/m0/s1. The molecule has 1 fully saturated rings. The van der Waals surface area contributed by atoms with Gasteiger partial charge in [0, 0.05) is 13.5 Å². The lowest BCUT2D eigenvalue weighted by Gasteiger charge is -2.34. The molecule has 0 radical (unpaired) electrons. The van der Waals surface area contributed by atoms with Gasteiger partial charge in [-0.05, 0) is 50.2 Å².